The monoisotopic (exact) mass is 258 g/mol. The van der Waals surface area contributed by atoms with Crippen LogP contribution in [-0.4, -0.2) is 34.5 Å². The summed E-state index contributed by atoms with van der Waals surface area (Å²) in [5, 5.41) is 7.08. The molecule has 0 aromatic heterocycles. The molecule has 0 spiro atoms. The number of hydrogen-bond donors (Lipinski definition) is 2. The molecule has 3 unspecified atom stereocenters. The first-order valence-corrected chi connectivity index (χ1v) is 7.54. The van der Waals surface area contributed by atoms with Crippen LogP contribution in [-0.2, 0) is 4.79 Å². The largest absolute Gasteiger partial charge is 0.350 e. The van der Waals surface area contributed by atoms with Gasteiger partial charge >= 0.3 is 0 Å². The summed E-state index contributed by atoms with van der Waals surface area (Å²) in [5.74, 6) is 1.35. The Kier molecular flexibility index (Phi) is 5.32. The Morgan fingerprint density at radius 1 is 1.41 bits per heavy atom. The lowest BCUT2D eigenvalue weighted by atomic mass is 10.1. The van der Waals surface area contributed by atoms with Crippen LogP contribution in [0.3, 0.4) is 0 Å². The molecule has 1 aliphatic rings. The number of carbonyl (C=O) groups is 1. The molecule has 1 fully saturated rings. The molecule has 3 atom stereocenters. The van der Waals surface area contributed by atoms with E-state index in [1.807, 2.05) is 39.5 Å². The average molecular weight is 258 g/mol. The molecule has 1 saturated heterocycles. The van der Waals surface area contributed by atoms with Crippen LogP contribution in [0.25, 0.3) is 0 Å². The summed E-state index contributed by atoms with van der Waals surface area (Å²) in [6.07, 6.45) is 2.43. The predicted octanol–water partition coefficient (Wildman–Crippen LogP) is 2.16. The van der Waals surface area contributed by atoms with Crippen LogP contribution < -0.4 is 10.6 Å². The third-order valence-electron chi connectivity index (χ3n) is 2.96. The Morgan fingerprint density at radius 3 is 2.59 bits per heavy atom. The summed E-state index contributed by atoms with van der Waals surface area (Å²) in [6.45, 7) is 10.2. The number of nitrogens with one attached hydrogen (secondary N) is 2. The minimum Gasteiger partial charge on any atom is -0.350 e. The quantitative estimate of drug-likeness (QED) is 0.815. The van der Waals surface area contributed by atoms with Gasteiger partial charge in [0.15, 0.2) is 0 Å². The fourth-order valence-electron chi connectivity index (χ4n) is 2.02. The molecular formula is C13H26N2OS. The molecule has 100 valence electrons. The van der Waals surface area contributed by atoms with Crippen LogP contribution in [0.1, 0.15) is 47.5 Å². The molecule has 1 aliphatic heterocycles. The standard InChI is InChI=1S/C13H26N2OS/c1-9(12(16)15-13(3,4)5)14-11-7-6-8-17-10(11)2/h9-11,14H,6-8H2,1-5H3,(H,15,16). The van der Waals surface area contributed by atoms with E-state index in [1.54, 1.807) is 0 Å². The van der Waals surface area contributed by atoms with Gasteiger partial charge in [-0.15, -0.1) is 0 Å². The molecule has 4 heteroatoms. The smallest absolute Gasteiger partial charge is 0.237 e. The van der Waals surface area contributed by atoms with Gasteiger partial charge in [-0.25, -0.2) is 0 Å². The molecule has 0 aromatic carbocycles. The molecule has 1 rings (SSSR count). The topological polar surface area (TPSA) is 41.1 Å². The maximum Gasteiger partial charge on any atom is 0.237 e. The van der Waals surface area contributed by atoms with E-state index >= 15 is 0 Å². The van der Waals surface area contributed by atoms with Gasteiger partial charge in [0.05, 0.1) is 6.04 Å². The zero-order chi connectivity index (χ0) is 13.1. The van der Waals surface area contributed by atoms with E-state index in [0.717, 1.165) is 0 Å². The molecule has 2 N–H and O–H groups in total. The van der Waals surface area contributed by atoms with Crippen LogP contribution in [0.4, 0.5) is 0 Å². The second-order valence-electron chi connectivity index (χ2n) is 5.95. The summed E-state index contributed by atoms with van der Waals surface area (Å²) >= 11 is 2.00. The van der Waals surface area contributed by atoms with Crippen molar-refractivity contribution in [2.24, 2.45) is 0 Å². The predicted molar refractivity (Wildman–Crippen MR) is 75.4 cm³/mol. The number of thioether (sulfide) groups is 1. The Hall–Kier alpha value is -0.220. The Morgan fingerprint density at radius 2 is 2.06 bits per heavy atom. The highest BCUT2D eigenvalue weighted by Crippen LogP contribution is 2.25. The van der Waals surface area contributed by atoms with Gasteiger partial charge < -0.3 is 10.6 Å². The van der Waals surface area contributed by atoms with E-state index in [1.165, 1.54) is 18.6 Å². The van der Waals surface area contributed by atoms with Crippen molar-refractivity contribution < 1.29 is 4.79 Å². The van der Waals surface area contributed by atoms with Crippen LogP contribution >= 0.6 is 11.8 Å². The third kappa shape index (κ3) is 5.30. The van der Waals surface area contributed by atoms with Crippen LogP contribution in [0.2, 0.25) is 0 Å². The minimum atomic E-state index is -0.153. The van der Waals surface area contributed by atoms with Gasteiger partial charge in [-0.3, -0.25) is 4.79 Å². The summed E-state index contributed by atoms with van der Waals surface area (Å²) in [7, 11) is 0. The number of amides is 1. The summed E-state index contributed by atoms with van der Waals surface area (Å²) in [6, 6.07) is 0.356. The molecule has 17 heavy (non-hydrogen) atoms. The minimum absolute atomic E-state index is 0.0975. The molecule has 0 bridgehead atoms. The Bertz CT molecular complexity index is 263. The summed E-state index contributed by atoms with van der Waals surface area (Å²) in [5.41, 5.74) is -0.153. The average Bonchev–Trinajstić information content (AvgIpc) is 2.18. The van der Waals surface area contributed by atoms with E-state index in [0.29, 0.717) is 11.3 Å². The number of rotatable bonds is 3. The molecule has 0 aliphatic carbocycles. The van der Waals surface area contributed by atoms with Crippen molar-refractivity contribution in [3.8, 4) is 0 Å². The van der Waals surface area contributed by atoms with Crippen LogP contribution in [0.5, 0.6) is 0 Å². The maximum atomic E-state index is 12.0. The normalized spacial score (nSPS) is 27.6. The zero-order valence-corrected chi connectivity index (χ0v) is 12.5. The fraction of sp³-hybridized carbons (Fsp3) is 0.923. The second-order valence-corrected chi connectivity index (χ2v) is 7.44. The Balaban J connectivity index is 2.42. The van der Waals surface area contributed by atoms with Crippen LogP contribution in [0, 0.1) is 0 Å². The lowest BCUT2D eigenvalue weighted by molar-refractivity contribution is -0.124. The number of hydrogen-bond acceptors (Lipinski definition) is 3. The van der Waals surface area contributed by atoms with Crippen molar-refractivity contribution in [2.45, 2.75) is 70.3 Å². The maximum absolute atomic E-state index is 12.0. The first kappa shape index (κ1) is 14.8. The van der Waals surface area contributed by atoms with E-state index < -0.39 is 0 Å². The first-order chi connectivity index (χ1) is 7.79. The molecule has 0 radical (unpaired) electrons. The summed E-state index contributed by atoms with van der Waals surface area (Å²) in [4.78, 5) is 12.0. The van der Waals surface area contributed by atoms with Crippen molar-refractivity contribution in [3.05, 3.63) is 0 Å². The molecule has 0 aromatic rings. The molecule has 3 nitrogen and oxygen atoms in total. The van der Waals surface area contributed by atoms with E-state index in [4.69, 9.17) is 0 Å². The van der Waals surface area contributed by atoms with Crippen molar-refractivity contribution in [2.75, 3.05) is 5.75 Å². The number of carbonyl (C=O) groups excluding carboxylic acids is 1. The molecular weight excluding hydrogens is 232 g/mol. The highest BCUT2D eigenvalue weighted by Gasteiger charge is 2.26. The van der Waals surface area contributed by atoms with Gasteiger partial charge in [-0.05, 0) is 46.3 Å². The van der Waals surface area contributed by atoms with Crippen LogP contribution in [0.15, 0.2) is 0 Å². The highest BCUT2D eigenvalue weighted by atomic mass is 32.2. The van der Waals surface area contributed by atoms with E-state index in [-0.39, 0.29) is 17.5 Å². The SMILES string of the molecule is CC(NC1CCCSC1C)C(=O)NC(C)(C)C. The molecule has 1 heterocycles. The van der Waals surface area contributed by atoms with Crippen molar-refractivity contribution in [3.63, 3.8) is 0 Å². The van der Waals surface area contributed by atoms with Gasteiger partial charge in [0, 0.05) is 16.8 Å². The lowest BCUT2D eigenvalue weighted by Crippen LogP contribution is -2.53. The van der Waals surface area contributed by atoms with E-state index in [2.05, 4.69) is 17.6 Å². The molecule has 1 amide bonds. The van der Waals surface area contributed by atoms with Crippen molar-refractivity contribution in [1.29, 1.82) is 0 Å². The van der Waals surface area contributed by atoms with Gasteiger partial charge in [-0.1, -0.05) is 6.92 Å². The van der Waals surface area contributed by atoms with Gasteiger partial charge in [0.1, 0.15) is 0 Å². The van der Waals surface area contributed by atoms with Gasteiger partial charge in [-0.2, -0.15) is 11.8 Å². The zero-order valence-electron chi connectivity index (χ0n) is 11.7. The molecule has 0 saturated carbocycles. The van der Waals surface area contributed by atoms with Crippen molar-refractivity contribution in [1.82, 2.24) is 10.6 Å². The lowest BCUT2D eigenvalue weighted by Gasteiger charge is -2.32. The fourth-order valence-corrected chi connectivity index (χ4v) is 3.17. The first-order valence-electron chi connectivity index (χ1n) is 6.49. The van der Waals surface area contributed by atoms with Crippen molar-refractivity contribution >= 4 is 17.7 Å². The highest BCUT2D eigenvalue weighted by molar-refractivity contribution is 7.99. The summed E-state index contributed by atoms with van der Waals surface area (Å²) < 4.78 is 0. The second kappa shape index (κ2) is 6.10. The third-order valence-corrected chi connectivity index (χ3v) is 4.34. The Labute approximate surface area is 109 Å². The van der Waals surface area contributed by atoms with Gasteiger partial charge in [0.2, 0.25) is 5.91 Å². The van der Waals surface area contributed by atoms with E-state index in [9.17, 15) is 4.79 Å². The van der Waals surface area contributed by atoms with Gasteiger partial charge in [0.25, 0.3) is 0 Å².